The lowest BCUT2D eigenvalue weighted by Gasteiger charge is -2.24. The normalized spacial score (nSPS) is 11.0. The number of rotatable bonds is 5. The van der Waals surface area contributed by atoms with Crippen molar-refractivity contribution in [2.45, 2.75) is 32.9 Å². The van der Waals surface area contributed by atoms with Crippen LogP contribution >= 0.6 is 0 Å². The minimum atomic E-state index is -0.595. The van der Waals surface area contributed by atoms with Crippen molar-refractivity contribution in [2.24, 2.45) is 0 Å². The summed E-state index contributed by atoms with van der Waals surface area (Å²) in [5.74, 6) is 0.397. The van der Waals surface area contributed by atoms with E-state index in [1.807, 2.05) is 18.2 Å². The molecule has 1 N–H and O–H groups in total. The van der Waals surface area contributed by atoms with Gasteiger partial charge in [0.25, 0.3) is 0 Å². The number of amides is 2. The van der Waals surface area contributed by atoms with Gasteiger partial charge in [0.2, 0.25) is 5.91 Å². The summed E-state index contributed by atoms with van der Waals surface area (Å²) >= 11 is 0. The minimum absolute atomic E-state index is 0.0774. The van der Waals surface area contributed by atoms with Gasteiger partial charge < -0.3 is 15.0 Å². The summed E-state index contributed by atoms with van der Waals surface area (Å²) in [5.41, 5.74) is 0.288. The quantitative estimate of drug-likeness (QED) is 0.892. The van der Waals surface area contributed by atoms with Gasteiger partial charge in [-0.15, -0.1) is 0 Å². The van der Waals surface area contributed by atoms with Crippen LogP contribution in [0.4, 0.5) is 4.79 Å². The third-order valence-electron chi connectivity index (χ3n) is 3.12. The van der Waals surface area contributed by atoms with Crippen LogP contribution in [0.1, 0.15) is 26.3 Å². The molecule has 0 bridgehead atoms. The number of hydrogen-bond donors (Lipinski definition) is 1. The Morgan fingerprint density at radius 1 is 1.32 bits per heavy atom. The number of nitrogens with one attached hydrogen (secondary N) is 1. The van der Waals surface area contributed by atoms with E-state index < -0.39 is 11.7 Å². The van der Waals surface area contributed by atoms with Gasteiger partial charge in [0, 0.05) is 32.2 Å². The Morgan fingerprint density at radius 2 is 2.08 bits per heavy atom. The molecule has 0 unspecified atom stereocenters. The van der Waals surface area contributed by atoms with Crippen LogP contribution in [0.25, 0.3) is 5.82 Å². The predicted molar refractivity (Wildman–Crippen MR) is 92.1 cm³/mol. The fraction of sp³-hybridized carbons (Fsp3) is 0.412. The Morgan fingerprint density at radius 3 is 2.72 bits per heavy atom. The lowest BCUT2D eigenvalue weighted by Crippen LogP contribution is -2.40. The molecule has 2 rings (SSSR count). The molecule has 2 amide bonds. The Kier molecular flexibility index (Phi) is 5.74. The van der Waals surface area contributed by atoms with Crippen LogP contribution in [-0.4, -0.2) is 50.9 Å². The highest BCUT2D eigenvalue weighted by atomic mass is 16.6. The van der Waals surface area contributed by atoms with Crippen LogP contribution in [0.2, 0.25) is 0 Å². The van der Waals surface area contributed by atoms with Crippen LogP contribution < -0.4 is 5.32 Å². The predicted octanol–water partition coefficient (Wildman–Crippen LogP) is 1.75. The van der Waals surface area contributed by atoms with E-state index in [2.05, 4.69) is 15.4 Å². The molecule has 0 radical (unpaired) electrons. The van der Waals surface area contributed by atoms with E-state index in [0.29, 0.717) is 12.4 Å². The van der Waals surface area contributed by atoms with Crippen LogP contribution in [0.3, 0.4) is 0 Å². The Hall–Kier alpha value is -2.90. The van der Waals surface area contributed by atoms with Gasteiger partial charge >= 0.3 is 6.09 Å². The first-order valence-electron chi connectivity index (χ1n) is 7.90. The van der Waals surface area contributed by atoms with Crippen LogP contribution in [0.15, 0.2) is 36.8 Å². The van der Waals surface area contributed by atoms with E-state index in [-0.39, 0.29) is 12.5 Å². The summed E-state index contributed by atoms with van der Waals surface area (Å²) in [6, 6.07) is 5.46. The molecule has 8 heteroatoms. The monoisotopic (exact) mass is 345 g/mol. The molecule has 0 aromatic carbocycles. The second-order valence-corrected chi connectivity index (χ2v) is 6.59. The molecule has 2 aromatic heterocycles. The van der Waals surface area contributed by atoms with Crippen molar-refractivity contribution in [3.05, 3.63) is 42.4 Å². The molecule has 2 heterocycles. The zero-order chi connectivity index (χ0) is 18.4. The minimum Gasteiger partial charge on any atom is -0.444 e. The molecule has 0 aliphatic heterocycles. The van der Waals surface area contributed by atoms with E-state index >= 15 is 0 Å². The fourth-order valence-corrected chi connectivity index (χ4v) is 1.98. The summed E-state index contributed by atoms with van der Waals surface area (Å²) in [5, 5.41) is 6.89. The second kappa shape index (κ2) is 7.78. The van der Waals surface area contributed by atoms with Gasteiger partial charge in [-0.05, 0) is 44.5 Å². The fourth-order valence-electron chi connectivity index (χ4n) is 1.98. The molecule has 0 saturated carbocycles. The Labute approximate surface area is 146 Å². The molecule has 134 valence electrons. The van der Waals surface area contributed by atoms with Gasteiger partial charge in [-0.3, -0.25) is 4.79 Å². The molecule has 0 aliphatic carbocycles. The molecule has 2 aromatic rings. The van der Waals surface area contributed by atoms with Gasteiger partial charge in [0.05, 0.1) is 0 Å². The van der Waals surface area contributed by atoms with E-state index in [1.54, 1.807) is 44.0 Å². The molecule has 0 saturated heterocycles. The first kappa shape index (κ1) is 18.4. The highest BCUT2D eigenvalue weighted by Crippen LogP contribution is 2.09. The summed E-state index contributed by atoms with van der Waals surface area (Å²) in [4.78, 5) is 29.3. The number of aromatic nitrogens is 3. The zero-order valence-corrected chi connectivity index (χ0v) is 14.9. The van der Waals surface area contributed by atoms with E-state index in [4.69, 9.17) is 4.74 Å². The van der Waals surface area contributed by atoms with Crippen LogP contribution in [-0.2, 0) is 16.1 Å². The van der Waals surface area contributed by atoms with E-state index in [9.17, 15) is 9.59 Å². The number of carbonyl (C=O) groups excluding carboxylic acids is 2. The number of hydrogen-bond acceptors (Lipinski definition) is 5. The number of carbonyl (C=O) groups is 2. The average Bonchev–Trinajstić information content (AvgIpc) is 3.06. The van der Waals surface area contributed by atoms with Crippen molar-refractivity contribution in [1.29, 1.82) is 0 Å². The SMILES string of the molecule is CN(CC(=O)NCc1ccnc(-n2cccn2)c1)C(=O)OC(C)(C)C. The highest BCUT2D eigenvalue weighted by molar-refractivity contribution is 5.82. The third-order valence-corrected chi connectivity index (χ3v) is 3.12. The van der Waals surface area contributed by atoms with Gasteiger partial charge in [0.1, 0.15) is 12.1 Å². The van der Waals surface area contributed by atoms with E-state index in [0.717, 1.165) is 5.56 Å². The third kappa shape index (κ3) is 5.91. The molecule has 8 nitrogen and oxygen atoms in total. The number of pyridine rings is 1. The molecular weight excluding hydrogens is 322 g/mol. The maximum Gasteiger partial charge on any atom is 0.410 e. The highest BCUT2D eigenvalue weighted by Gasteiger charge is 2.20. The van der Waals surface area contributed by atoms with Crippen molar-refractivity contribution in [1.82, 2.24) is 25.0 Å². The molecule has 0 atom stereocenters. The lowest BCUT2D eigenvalue weighted by atomic mass is 10.2. The standard InChI is InChI=1S/C17H23N5O3/c1-17(2,3)25-16(24)21(4)12-15(23)19-11-13-6-8-18-14(10-13)22-9-5-7-20-22/h5-10H,11-12H2,1-4H3,(H,19,23). The molecular formula is C17H23N5O3. The van der Waals surface area contributed by atoms with Crippen molar-refractivity contribution >= 4 is 12.0 Å². The number of ether oxygens (including phenoxy) is 1. The number of nitrogens with zero attached hydrogens (tertiary/aromatic N) is 4. The average molecular weight is 345 g/mol. The number of likely N-dealkylation sites (N-methyl/N-ethyl adjacent to an activating group) is 1. The summed E-state index contributed by atoms with van der Waals surface area (Å²) in [6.45, 7) is 5.59. The maximum atomic E-state index is 12.0. The topological polar surface area (TPSA) is 89.4 Å². The van der Waals surface area contributed by atoms with Gasteiger partial charge in [0.15, 0.2) is 5.82 Å². The Balaban J connectivity index is 1.86. The second-order valence-electron chi connectivity index (χ2n) is 6.59. The van der Waals surface area contributed by atoms with Crippen molar-refractivity contribution in [3.8, 4) is 5.82 Å². The molecule has 0 aliphatic rings. The van der Waals surface area contributed by atoms with Gasteiger partial charge in [-0.2, -0.15) is 5.10 Å². The summed E-state index contributed by atoms with van der Waals surface area (Å²) in [6.07, 6.45) is 4.58. The van der Waals surface area contributed by atoms with E-state index in [1.165, 1.54) is 11.9 Å². The first-order chi connectivity index (χ1) is 11.7. The maximum absolute atomic E-state index is 12.0. The Bertz CT molecular complexity index is 722. The summed E-state index contributed by atoms with van der Waals surface area (Å²) in [7, 11) is 1.52. The van der Waals surface area contributed by atoms with Crippen LogP contribution in [0, 0.1) is 0 Å². The lowest BCUT2D eigenvalue weighted by molar-refractivity contribution is -0.122. The van der Waals surface area contributed by atoms with Crippen molar-refractivity contribution in [2.75, 3.05) is 13.6 Å². The van der Waals surface area contributed by atoms with Gasteiger partial charge in [-0.25, -0.2) is 14.5 Å². The summed E-state index contributed by atoms with van der Waals surface area (Å²) < 4.78 is 6.85. The van der Waals surface area contributed by atoms with Crippen molar-refractivity contribution < 1.29 is 14.3 Å². The van der Waals surface area contributed by atoms with Gasteiger partial charge in [-0.1, -0.05) is 0 Å². The molecule has 0 spiro atoms. The van der Waals surface area contributed by atoms with Crippen LogP contribution in [0.5, 0.6) is 0 Å². The first-order valence-corrected chi connectivity index (χ1v) is 7.90. The smallest absolute Gasteiger partial charge is 0.410 e. The zero-order valence-electron chi connectivity index (χ0n) is 14.9. The van der Waals surface area contributed by atoms with Crippen molar-refractivity contribution in [3.63, 3.8) is 0 Å². The molecule has 25 heavy (non-hydrogen) atoms. The largest absolute Gasteiger partial charge is 0.444 e. The molecule has 0 fully saturated rings.